The summed E-state index contributed by atoms with van der Waals surface area (Å²) in [5.74, 6) is 0.973. The first kappa shape index (κ1) is 19.6. The van der Waals surface area contributed by atoms with Gasteiger partial charge >= 0.3 is 0 Å². The maximum Gasteiger partial charge on any atom is 0.176 e. The van der Waals surface area contributed by atoms with Crippen molar-refractivity contribution in [1.29, 1.82) is 0 Å². The van der Waals surface area contributed by atoms with E-state index in [-0.39, 0.29) is 5.92 Å². The van der Waals surface area contributed by atoms with Crippen molar-refractivity contribution in [1.82, 2.24) is 0 Å². The second kappa shape index (κ2) is 6.84. The molecule has 0 saturated heterocycles. The Morgan fingerprint density at radius 3 is 2.43 bits per heavy atom. The Labute approximate surface area is 184 Å². The zero-order chi connectivity index (χ0) is 21.1. The molecule has 0 bridgehead atoms. The summed E-state index contributed by atoms with van der Waals surface area (Å²) >= 11 is 3.50. The minimum Gasteiger partial charge on any atom is -0.497 e. The van der Waals surface area contributed by atoms with Gasteiger partial charge in [0, 0.05) is 22.0 Å². The molecule has 4 nitrogen and oxygen atoms in total. The molecule has 1 aliphatic carbocycles. The Hall–Kier alpha value is -2.34. The molecule has 5 heteroatoms. The van der Waals surface area contributed by atoms with E-state index in [1.54, 1.807) is 13.2 Å². The van der Waals surface area contributed by atoms with E-state index in [1.807, 2.05) is 67.6 Å². The molecule has 0 aromatic heterocycles. The molecule has 0 unspecified atom stereocenters. The SMILES string of the molecule is COc1cc(C)c2c(c1)O[C@@]1(c3ccc(Br)cc3)[C@H](c3ccccc3)C[C@@H](O)[C@@]21O. The highest BCUT2D eigenvalue weighted by Crippen LogP contribution is 2.67. The largest absolute Gasteiger partial charge is 0.497 e. The maximum atomic E-state index is 12.3. The number of hydrogen-bond donors (Lipinski definition) is 2. The van der Waals surface area contributed by atoms with E-state index >= 15 is 0 Å². The zero-order valence-corrected chi connectivity index (χ0v) is 18.4. The average molecular weight is 467 g/mol. The van der Waals surface area contributed by atoms with Crippen LogP contribution in [0.1, 0.15) is 34.6 Å². The number of fused-ring (bicyclic) bond motifs is 3. The lowest BCUT2D eigenvalue weighted by Gasteiger charge is -2.41. The summed E-state index contributed by atoms with van der Waals surface area (Å²) in [5, 5.41) is 23.6. The summed E-state index contributed by atoms with van der Waals surface area (Å²) in [5.41, 5.74) is 0.567. The standard InChI is InChI=1S/C25H23BrO4/c1-15-12-19(29-2)13-21-23(15)24(28)22(27)14-20(16-6-4-3-5-7-16)25(24,30-21)17-8-10-18(26)11-9-17/h3-13,20,22,27-28H,14H2,1-2H3/t20-,22+,24+,25-/m0/s1. The molecule has 1 aliphatic heterocycles. The number of aliphatic hydroxyl groups excluding tert-OH is 1. The lowest BCUT2D eigenvalue weighted by atomic mass is 9.70. The Morgan fingerprint density at radius 1 is 1.07 bits per heavy atom. The van der Waals surface area contributed by atoms with Crippen LogP contribution in [0, 0.1) is 6.92 Å². The van der Waals surface area contributed by atoms with Crippen molar-refractivity contribution < 1.29 is 19.7 Å². The van der Waals surface area contributed by atoms with E-state index < -0.39 is 17.3 Å². The van der Waals surface area contributed by atoms with Gasteiger partial charge in [-0.1, -0.05) is 58.4 Å². The molecule has 1 heterocycles. The first-order valence-electron chi connectivity index (χ1n) is 10.0. The number of ether oxygens (including phenoxy) is 2. The van der Waals surface area contributed by atoms with Crippen LogP contribution >= 0.6 is 15.9 Å². The van der Waals surface area contributed by atoms with Gasteiger partial charge in [0.25, 0.3) is 0 Å². The average Bonchev–Trinajstić information content (AvgIpc) is 3.15. The number of aliphatic hydroxyl groups is 2. The molecule has 2 N–H and O–H groups in total. The number of halogens is 1. The van der Waals surface area contributed by atoms with Crippen LogP contribution in [0.4, 0.5) is 0 Å². The van der Waals surface area contributed by atoms with Gasteiger partial charge in [-0.3, -0.25) is 0 Å². The molecule has 30 heavy (non-hydrogen) atoms. The monoisotopic (exact) mass is 466 g/mol. The van der Waals surface area contributed by atoms with E-state index in [9.17, 15) is 10.2 Å². The van der Waals surface area contributed by atoms with Gasteiger partial charge in [0.2, 0.25) is 0 Å². The molecule has 5 rings (SSSR count). The van der Waals surface area contributed by atoms with Gasteiger partial charge in [0.15, 0.2) is 11.2 Å². The number of methoxy groups -OCH3 is 1. The van der Waals surface area contributed by atoms with Gasteiger partial charge in [0.1, 0.15) is 11.5 Å². The van der Waals surface area contributed by atoms with E-state index in [2.05, 4.69) is 15.9 Å². The normalized spacial score (nSPS) is 29.2. The van der Waals surface area contributed by atoms with Crippen LogP contribution in [0.2, 0.25) is 0 Å². The van der Waals surface area contributed by atoms with E-state index in [4.69, 9.17) is 9.47 Å². The van der Waals surface area contributed by atoms with Gasteiger partial charge < -0.3 is 19.7 Å². The topological polar surface area (TPSA) is 58.9 Å². The van der Waals surface area contributed by atoms with Crippen molar-refractivity contribution in [2.45, 2.75) is 36.6 Å². The van der Waals surface area contributed by atoms with Gasteiger partial charge in [-0.15, -0.1) is 0 Å². The van der Waals surface area contributed by atoms with Crippen molar-refractivity contribution in [3.8, 4) is 11.5 Å². The molecular weight excluding hydrogens is 444 g/mol. The minimum atomic E-state index is -1.59. The van der Waals surface area contributed by atoms with E-state index in [0.29, 0.717) is 23.5 Å². The van der Waals surface area contributed by atoms with E-state index in [0.717, 1.165) is 21.2 Å². The molecule has 0 amide bonds. The van der Waals surface area contributed by atoms with Crippen LogP contribution in [-0.4, -0.2) is 23.4 Å². The van der Waals surface area contributed by atoms with Crippen LogP contribution < -0.4 is 9.47 Å². The molecule has 0 radical (unpaired) electrons. The minimum absolute atomic E-state index is 0.238. The Balaban J connectivity index is 1.81. The van der Waals surface area contributed by atoms with Crippen molar-refractivity contribution in [3.05, 3.63) is 93.5 Å². The third-order valence-electron chi connectivity index (χ3n) is 6.63. The summed E-state index contributed by atoms with van der Waals surface area (Å²) in [6.07, 6.45) is -0.596. The highest BCUT2D eigenvalue weighted by atomic mass is 79.9. The van der Waals surface area contributed by atoms with Crippen LogP contribution in [-0.2, 0) is 11.2 Å². The quantitative estimate of drug-likeness (QED) is 0.582. The zero-order valence-electron chi connectivity index (χ0n) is 16.8. The fourth-order valence-electron chi connectivity index (χ4n) is 5.39. The molecule has 154 valence electrons. The Kier molecular flexibility index (Phi) is 4.47. The summed E-state index contributed by atoms with van der Waals surface area (Å²) < 4.78 is 13.1. The number of rotatable bonds is 3. The second-order valence-electron chi connectivity index (χ2n) is 8.14. The number of benzene rings is 3. The smallest absolute Gasteiger partial charge is 0.176 e. The third kappa shape index (κ3) is 2.46. The maximum absolute atomic E-state index is 12.3. The second-order valence-corrected chi connectivity index (χ2v) is 9.06. The molecule has 2 aliphatic rings. The summed E-state index contributed by atoms with van der Waals surface area (Å²) in [7, 11) is 1.61. The highest BCUT2D eigenvalue weighted by molar-refractivity contribution is 9.10. The molecule has 3 aromatic rings. The van der Waals surface area contributed by atoms with Crippen LogP contribution in [0.15, 0.2) is 71.2 Å². The first-order valence-corrected chi connectivity index (χ1v) is 10.8. The lowest BCUT2D eigenvalue weighted by Crippen LogP contribution is -2.52. The van der Waals surface area contributed by atoms with Crippen molar-refractivity contribution in [2.24, 2.45) is 0 Å². The van der Waals surface area contributed by atoms with Crippen molar-refractivity contribution in [3.63, 3.8) is 0 Å². The molecular formula is C25H23BrO4. The van der Waals surface area contributed by atoms with E-state index in [1.165, 1.54) is 0 Å². The fraction of sp³-hybridized carbons (Fsp3) is 0.280. The van der Waals surface area contributed by atoms with Gasteiger partial charge in [0.05, 0.1) is 13.2 Å². The van der Waals surface area contributed by atoms with Crippen LogP contribution in [0.3, 0.4) is 0 Å². The molecule has 1 saturated carbocycles. The predicted molar refractivity (Wildman–Crippen MR) is 118 cm³/mol. The predicted octanol–water partition coefficient (Wildman–Crippen LogP) is 4.79. The van der Waals surface area contributed by atoms with Crippen molar-refractivity contribution >= 4 is 15.9 Å². The van der Waals surface area contributed by atoms with Crippen LogP contribution in [0.25, 0.3) is 0 Å². The Bertz CT molecular complexity index is 1100. The van der Waals surface area contributed by atoms with Gasteiger partial charge in [-0.05, 0) is 48.2 Å². The Morgan fingerprint density at radius 2 is 1.77 bits per heavy atom. The number of hydrogen-bond acceptors (Lipinski definition) is 4. The molecule has 4 atom stereocenters. The summed E-state index contributed by atoms with van der Waals surface area (Å²) in [4.78, 5) is 0. The fourth-order valence-corrected chi connectivity index (χ4v) is 5.66. The third-order valence-corrected chi connectivity index (χ3v) is 7.16. The molecule has 1 fully saturated rings. The van der Waals surface area contributed by atoms with Crippen LogP contribution in [0.5, 0.6) is 11.5 Å². The molecule has 0 spiro atoms. The summed E-state index contributed by atoms with van der Waals surface area (Å²) in [6.45, 7) is 1.92. The lowest BCUT2D eigenvalue weighted by molar-refractivity contribution is -0.149. The number of aryl methyl sites for hydroxylation is 1. The highest BCUT2D eigenvalue weighted by Gasteiger charge is 2.72. The van der Waals surface area contributed by atoms with Crippen molar-refractivity contribution in [2.75, 3.05) is 7.11 Å². The summed E-state index contributed by atoms with van der Waals surface area (Å²) in [6, 6.07) is 21.5. The van der Waals surface area contributed by atoms with Gasteiger partial charge in [-0.25, -0.2) is 0 Å². The van der Waals surface area contributed by atoms with Gasteiger partial charge in [-0.2, -0.15) is 0 Å². The molecule has 3 aromatic carbocycles. The first-order chi connectivity index (χ1) is 14.4.